The topological polar surface area (TPSA) is 49.4 Å². The Kier molecular flexibility index (Phi) is 18.3. The Morgan fingerprint density at radius 2 is 1.58 bits per heavy atom. The van der Waals surface area contributed by atoms with Crippen molar-refractivity contribution in [3.8, 4) is 0 Å². The number of carbonyl (C=O) groups is 2. The molecule has 38 heavy (non-hydrogen) atoms. The predicted molar refractivity (Wildman–Crippen MR) is 171 cm³/mol. The van der Waals surface area contributed by atoms with E-state index >= 15 is 0 Å². The maximum atomic E-state index is 12.5. The van der Waals surface area contributed by atoms with Crippen molar-refractivity contribution < 1.29 is 9.59 Å². The van der Waals surface area contributed by atoms with Crippen LogP contribution in [0.1, 0.15) is 115 Å². The van der Waals surface area contributed by atoms with Gasteiger partial charge in [-0.1, -0.05) is 52.7 Å². The second-order valence-electron chi connectivity index (χ2n) is 11.3. The van der Waals surface area contributed by atoms with E-state index in [4.69, 9.17) is 0 Å². The van der Waals surface area contributed by atoms with Crippen molar-refractivity contribution in [1.29, 1.82) is 0 Å². The normalized spacial score (nSPS) is 17.6. The maximum absolute atomic E-state index is 12.5. The molecule has 218 valence electrons. The van der Waals surface area contributed by atoms with Crippen molar-refractivity contribution in [2.45, 2.75) is 114 Å². The molecule has 0 aromatic carbocycles. The summed E-state index contributed by atoms with van der Waals surface area (Å²) < 4.78 is 0.832. The van der Waals surface area contributed by atoms with Gasteiger partial charge in [0, 0.05) is 29.5 Å². The summed E-state index contributed by atoms with van der Waals surface area (Å²) >= 11 is 5.00. The minimum atomic E-state index is -0.148. The van der Waals surface area contributed by atoms with Crippen LogP contribution in [0.4, 0.5) is 0 Å². The number of hydrogen-bond acceptors (Lipinski definition) is 4. The van der Waals surface area contributed by atoms with Crippen LogP contribution in [0.25, 0.3) is 0 Å². The highest BCUT2D eigenvalue weighted by molar-refractivity contribution is 9.11. The first-order valence-electron chi connectivity index (χ1n) is 14.3. The zero-order valence-corrected chi connectivity index (χ0v) is 28.7. The van der Waals surface area contributed by atoms with E-state index in [0.29, 0.717) is 17.6 Å². The predicted octanol–water partition coefficient (Wildman–Crippen LogP) is 9.30. The van der Waals surface area contributed by atoms with Crippen LogP contribution < -0.4 is 5.32 Å². The Morgan fingerprint density at radius 3 is 1.95 bits per heavy atom. The lowest BCUT2D eigenvalue weighted by Crippen LogP contribution is -2.33. The van der Waals surface area contributed by atoms with E-state index in [0.717, 1.165) is 43.3 Å². The van der Waals surface area contributed by atoms with Gasteiger partial charge < -0.3 is 10.2 Å². The molecule has 1 aliphatic rings. The molecule has 0 radical (unpaired) electrons. The molecular formula is C32H55BrN2O2S. The minimum absolute atomic E-state index is 0.0672. The molecule has 0 aliphatic heterocycles. The van der Waals surface area contributed by atoms with Crippen LogP contribution in [0.15, 0.2) is 26.6 Å². The zero-order chi connectivity index (χ0) is 29.6. The first kappa shape index (κ1) is 36.8. The van der Waals surface area contributed by atoms with Crippen molar-refractivity contribution in [3.05, 3.63) is 42.6 Å². The van der Waals surface area contributed by atoms with Crippen molar-refractivity contribution in [2.24, 2.45) is 11.8 Å². The average Bonchev–Trinajstić information content (AvgIpc) is 3.10. The number of allylic oxidation sites excluding steroid dienone is 3. The van der Waals surface area contributed by atoms with Gasteiger partial charge >= 0.3 is 0 Å². The van der Waals surface area contributed by atoms with Crippen molar-refractivity contribution in [3.63, 3.8) is 0 Å². The van der Waals surface area contributed by atoms with E-state index in [9.17, 15) is 9.59 Å². The van der Waals surface area contributed by atoms with Gasteiger partial charge in [-0.15, -0.1) is 11.3 Å². The number of nitrogens with one attached hydrogen (secondary N) is 1. The molecular weight excluding hydrogens is 556 g/mol. The molecule has 4 nitrogen and oxygen atoms in total. The number of hydrogen-bond donors (Lipinski definition) is 1. The largest absolute Gasteiger partial charge is 0.348 e. The second-order valence-corrected chi connectivity index (χ2v) is 13.8. The average molecular weight is 612 g/mol. The molecule has 2 rings (SSSR count). The third kappa shape index (κ3) is 12.7. The van der Waals surface area contributed by atoms with Crippen LogP contribution in [0.3, 0.4) is 0 Å². The summed E-state index contributed by atoms with van der Waals surface area (Å²) in [5, 5.41) is 2.89. The first-order chi connectivity index (χ1) is 17.7. The molecule has 1 heterocycles. The fourth-order valence-corrected chi connectivity index (χ4v) is 6.66. The van der Waals surface area contributed by atoms with Gasteiger partial charge in [-0.05, 0) is 113 Å². The van der Waals surface area contributed by atoms with Gasteiger partial charge in [0.2, 0.25) is 0 Å². The number of carbonyl (C=O) groups excluding carboxylic acids is 2. The Labute approximate surface area is 246 Å². The van der Waals surface area contributed by atoms with Gasteiger partial charge in [0.25, 0.3) is 5.91 Å². The maximum Gasteiger partial charge on any atom is 0.253 e. The van der Waals surface area contributed by atoms with Gasteiger partial charge in [-0.2, -0.15) is 0 Å². The summed E-state index contributed by atoms with van der Waals surface area (Å²) in [5.74, 6) is 1.82. The summed E-state index contributed by atoms with van der Waals surface area (Å²) in [6, 6.07) is 0.861. The molecule has 1 aliphatic carbocycles. The minimum Gasteiger partial charge on any atom is -0.348 e. The standard InChI is InChI=1S/C18H24BrNO2S.C11H23N.C3H8/c1-7-15(21)14(11(4)8-10(2)3)9-20-18(22)16-12(5)13(6)23-17(16)19;1-9(2)10-5-7-11(8-6-10)12(3)4;1-3-2/h8H,7,9H2,1-6H3,(H,20,22);9-11H,5-8H2,1-4H3;3H2,1-2H3/b14-11-;;. The fourth-order valence-electron chi connectivity index (χ4n) is 4.58. The molecule has 1 amide bonds. The van der Waals surface area contributed by atoms with Crippen molar-refractivity contribution in [1.82, 2.24) is 10.2 Å². The lowest BCUT2D eigenvalue weighted by atomic mass is 9.79. The van der Waals surface area contributed by atoms with Crippen molar-refractivity contribution in [2.75, 3.05) is 20.6 Å². The highest BCUT2D eigenvalue weighted by Crippen LogP contribution is 2.32. The third-order valence-electron chi connectivity index (χ3n) is 7.05. The highest BCUT2D eigenvalue weighted by Gasteiger charge is 2.24. The number of ketones is 1. The molecule has 6 heteroatoms. The number of amides is 1. The second kappa shape index (κ2) is 18.9. The molecule has 1 aromatic heterocycles. The Morgan fingerprint density at radius 1 is 1.05 bits per heavy atom. The number of thiophene rings is 1. The van der Waals surface area contributed by atoms with Gasteiger partial charge in [0.05, 0.1) is 9.35 Å². The van der Waals surface area contributed by atoms with E-state index in [1.165, 1.54) is 32.1 Å². The number of nitrogens with zero attached hydrogens (tertiary/aromatic N) is 1. The summed E-state index contributed by atoms with van der Waals surface area (Å²) in [5.41, 5.74) is 4.35. The Hall–Kier alpha value is -1.24. The quantitative estimate of drug-likeness (QED) is 0.235. The lowest BCUT2D eigenvalue weighted by molar-refractivity contribution is -0.115. The van der Waals surface area contributed by atoms with Crippen LogP contribution in [0.2, 0.25) is 0 Å². The van der Waals surface area contributed by atoms with E-state index in [1.807, 2.05) is 47.6 Å². The lowest BCUT2D eigenvalue weighted by Gasteiger charge is -2.34. The molecule has 0 unspecified atom stereocenters. The van der Waals surface area contributed by atoms with Crippen LogP contribution in [0, 0.1) is 25.7 Å². The molecule has 0 atom stereocenters. The van der Waals surface area contributed by atoms with E-state index < -0.39 is 0 Å². The van der Waals surface area contributed by atoms with Gasteiger partial charge in [0.15, 0.2) is 5.78 Å². The van der Waals surface area contributed by atoms with Gasteiger partial charge in [-0.3, -0.25) is 9.59 Å². The molecule has 0 spiro atoms. The summed E-state index contributed by atoms with van der Waals surface area (Å²) in [4.78, 5) is 28.2. The molecule has 0 bridgehead atoms. The van der Waals surface area contributed by atoms with Gasteiger partial charge in [0.1, 0.15) is 0 Å². The number of aryl methyl sites for hydroxylation is 1. The number of halogens is 1. The van der Waals surface area contributed by atoms with Crippen LogP contribution in [0.5, 0.6) is 0 Å². The molecule has 1 N–H and O–H groups in total. The summed E-state index contributed by atoms with van der Waals surface area (Å²) in [6.07, 6.45) is 9.37. The third-order valence-corrected chi connectivity index (χ3v) is 8.93. The molecule has 1 fully saturated rings. The van der Waals surface area contributed by atoms with Crippen LogP contribution >= 0.6 is 27.3 Å². The van der Waals surface area contributed by atoms with Crippen LogP contribution in [-0.2, 0) is 4.79 Å². The zero-order valence-electron chi connectivity index (χ0n) is 26.3. The first-order valence-corrected chi connectivity index (χ1v) is 15.9. The smallest absolute Gasteiger partial charge is 0.253 e. The van der Waals surface area contributed by atoms with E-state index in [-0.39, 0.29) is 18.2 Å². The Balaban J connectivity index is 0.000000759. The molecule has 0 saturated heterocycles. The Bertz CT molecular complexity index is 916. The van der Waals surface area contributed by atoms with E-state index in [2.05, 4.69) is 67.9 Å². The number of Topliss-reactive ketones (excluding diaryl/α,β-unsaturated/α-hetero) is 1. The number of rotatable bonds is 8. The van der Waals surface area contributed by atoms with Gasteiger partial charge in [-0.25, -0.2) is 0 Å². The summed E-state index contributed by atoms with van der Waals surface area (Å²) in [7, 11) is 4.42. The SMILES string of the molecule is CC(C)C1CCC(N(C)C)CC1.CCC.CCC(=O)/C(CNC(=O)c1c(Br)sc(C)c1C)=C(/C)C=C(C)C. The monoisotopic (exact) mass is 610 g/mol. The molecule has 1 aromatic rings. The fraction of sp³-hybridized carbons (Fsp3) is 0.688. The van der Waals surface area contributed by atoms with E-state index in [1.54, 1.807) is 11.3 Å². The highest BCUT2D eigenvalue weighted by atomic mass is 79.9. The van der Waals surface area contributed by atoms with Crippen molar-refractivity contribution >= 4 is 39.0 Å². The van der Waals surface area contributed by atoms with Crippen LogP contribution in [-0.4, -0.2) is 43.3 Å². The molecule has 1 saturated carbocycles. The summed E-state index contributed by atoms with van der Waals surface area (Å²) in [6.45, 7) is 20.9.